The highest BCUT2D eigenvalue weighted by Gasteiger charge is 2.53. The van der Waals surface area contributed by atoms with E-state index in [9.17, 15) is 0 Å². The van der Waals surface area contributed by atoms with Crippen LogP contribution in [0.5, 0.6) is 23.0 Å². The number of fused-ring (bicyclic) bond motifs is 29. The van der Waals surface area contributed by atoms with E-state index < -0.39 is 10.8 Å². The van der Waals surface area contributed by atoms with Crippen molar-refractivity contribution in [3.8, 4) is 114 Å². The molecule has 10 heterocycles. The van der Waals surface area contributed by atoms with Crippen molar-refractivity contribution < 1.29 is 9.47 Å². The number of hydrogen-bond donors (Lipinski definition) is 0. The van der Waals surface area contributed by atoms with Crippen molar-refractivity contribution in [1.82, 2.24) is 48.2 Å². The summed E-state index contributed by atoms with van der Waals surface area (Å²) in [5.74, 6) is 7.09. The molecule has 18 aromatic carbocycles. The second kappa shape index (κ2) is 27.6. The Bertz CT molecular complexity index is 8680. The van der Waals surface area contributed by atoms with Gasteiger partial charge in [-0.1, -0.05) is 340 Å². The molecule has 2 spiro atoms. The van der Waals surface area contributed by atoms with Crippen LogP contribution in [0, 0.1) is 0 Å². The molecule has 4 aliphatic rings. The summed E-state index contributed by atoms with van der Waals surface area (Å²) in [4.78, 5) is 30.3. The van der Waals surface area contributed by atoms with E-state index >= 15 is 0 Å². The Kier molecular flexibility index (Phi) is 15.4. The molecule has 0 aliphatic carbocycles. The highest BCUT2D eigenvalue weighted by molar-refractivity contribution is 6.17. The molecule has 0 saturated carbocycles. The number of aromatic nitrogens is 10. The number of rotatable bonds is 8. The lowest BCUT2D eigenvalue weighted by atomic mass is 9.61. The van der Waals surface area contributed by atoms with Gasteiger partial charge in [0.05, 0.1) is 66.3 Å². The third-order valence-corrected chi connectivity index (χ3v) is 26.8. The van der Waals surface area contributed by atoms with Gasteiger partial charge in [-0.05, 0) is 101 Å². The van der Waals surface area contributed by atoms with E-state index in [2.05, 4.69) is 322 Å². The first kappa shape index (κ1) is 71.4. The zero-order valence-corrected chi connectivity index (χ0v) is 68.7. The van der Waals surface area contributed by atoms with Crippen molar-refractivity contribution in [1.29, 1.82) is 0 Å². The van der Waals surface area contributed by atoms with Gasteiger partial charge in [0.1, 0.15) is 17.2 Å². The molecule has 4 aliphatic heterocycles. The fraction of sp³-hybridized carbons (Fsp3) is 0.0172. The summed E-state index contributed by atoms with van der Waals surface area (Å²) in [7, 11) is 0. The van der Waals surface area contributed by atoms with E-state index in [0.29, 0.717) is 34.9 Å². The number of nitrogens with zero attached hydrogens (tertiary/aromatic N) is 10. The van der Waals surface area contributed by atoms with Crippen LogP contribution in [0.4, 0.5) is 0 Å². The molecule has 0 fully saturated rings. The molecule has 12 nitrogen and oxygen atoms in total. The Morgan fingerprint density at radius 3 is 0.977 bits per heavy atom. The first-order chi connectivity index (χ1) is 63.5. The summed E-state index contributed by atoms with van der Waals surface area (Å²) in [6.07, 6.45) is 0. The number of benzene rings is 18. The predicted octanol–water partition coefficient (Wildman–Crippen LogP) is 27.7. The normalized spacial score (nSPS) is 14.8. The first-order valence-electron chi connectivity index (χ1n) is 43.4. The smallest absolute Gasteiger partial charge is 0.164 e. The fourth-order valence-electron chi connectivity index (χ4n) is 21.6. The topological polar surface area (TPSA) is 116 Å². The molecule has 0 saturated heterocycles. The maximum atomic E-state index is 7.35. The zero-order valence-electron chi connectivity index (χ0n) is 68.7. The van der Waals surface area contributed by atoms with E-state index in [1.807, 2.05) is 121 Å². The van der Waals surface area contributed by atoms with Crippen LogP contribution in [-0.4, -0.2) is 48.2 Å². The first-order valence-corrected chi connectivity index (χ1v) is 43.4. The van der Waals surface area contributed by atoms with Gasteiger partial charge in [0.15, 0.2) is 40.7 Å². The monoisotopic (exact) mass is 1630 g/mol. The Hall–Kier alpha value is -17.2. The summed E-state index contributed by atoms with van der Waals surface area (Å²) in [6.45, 7) is 0. The minimum absolute atomic E-state index is 0.601. The minimum atomic E-state index is -0.700. The van der Waals surface area contributed by atoms with Crippen LogP contribution >= 0.6 is 0 Å². The zero-order chi connectivity index (χ0) is 83.9. The third-order valence-electron chi connectivity index (χ3n) is 26.8. The lowest BCUT2D eigenvalue weighted by Gasteiger charge is -2.45. The highest BCUT2D eigenvalue weighted by Crippen LogP contribution is 2.64. The molecule has 2 atom stereocenters. The van der Waals surface area contributed by atoms with Crippen LogP contribution in [0.1, 0.15) is 44.5 Å². The quantitative estimate of drug-likeness (QED) is 0.148. The van der Waals surface area contributed by atoms with Gasteiger partial charge in [-0.25, -0.2) is 29.9 Å². The summed E-state index contributed by atoms with van der Waals surface area (Å²) in [6, 6.07) is 151. The molecule has 2 unspecified atom stereocenters. The number of para-hydroxylation sites is 10. The van der Waals surface area contributed by atoms with Gasteiger partial charge in [0.25, 0.3) is 0 Å². The van der Waals surface area contributed by atoms with E-state index in [1.54, 1.807) is 0 Å². The van der Waals surface area contributed by atoms with Crippen LogP contribution in [0.3, 0.4) is 0 Å². The van der Waals surface area contributed by atoms with E-state index in [1.165, 1.54) is 77.2 Å². The second-order valence-corrected chi connectivity index (χ2v) is 33.4. The van der Waals surface area contributed by atoms with Crippen LogP contribution in [0.15, 0.2) is 425 Å². The van der Waals surface area contributed by atoms with Gasteiger partial charge in [-0.15, -0.1) is 0 Å². The van der Waals surface area contributed by atoms with Crippen molar-refractivity contribution in [3.05, 3.63) is 469 Å². The van der Waals surface area contributed by atoms with Crippen LogP contribution in [-0.2, 0) is 10.8 Å². The van der Waals surface area contributed by atoms with Crippen molar-refractivity contribution >= 4 is 87.2 Å². The summed E-state index contributed by atoms with van der Waals surface area (Å²) in [5.41, 5.74) is 27.0. The van der Waals surface area contributed by atoms with Gasteiger partial charge >= 0.3 is 0 Å². The molecule has 0 amide bonds. The number of ether oxygens (including phenoxy) is 2. The van der Waals surface area contributed by atoms with Gasteiger partial charge in [0, 0.05) is 116 Å². The van der Waals surface area contributed by atoms with Gasteiger partial charge < -0.3 is 27.7 Å². The third kappa shape index (κ3) is 10.2. The molecule has 0 bridgehead atoms. The Morgan fingerprint density at radius 2 is 0.508 bits per heavy atom. The Labute approximate surface area is 734 Å². The van der Waals surface area contributed by atoms with Crippen molar-refractivity contribution in [3.63, 3.8) is 0 Å². The standard InChI is InChI=1S/2C58H35N5O/c1-3-17-36(18-4-1)55-59-56(37-19-5-2-6-20-37)61-57(60-55)38-21-15-22-39(33-38)62-48-29-11-8-24-41(48)43-34-47-53(35-51(43)62)64-52-32-14-10-27-45(52)58(47)44-26-9-13-31-50(44)63-49-30-12-7-23-40(49)42-25-16-28-46(58)54(42)63;1-3-17-36(18-4-1)55-59-56(37-19-5-2-6-20-37)61-57(60-55)38-21-15-22-39(35-38)62-48-29-11-7-24-41(48)43-33-34-47-54(53(43)62)64-51-32-14-10-27-45(51)58(47)44-26-9-13-31-50(44)63-49-30-12-8-23-40(49)42-25-16-28-46(58)52(42)63/h2*1-35H. The van der Waals surface area contributed by atoms with E-state index in [-0.39, 0.29) is 0 Å². The highest BCUT2D eigenvalue weighted by atomic mass is 16.5. The fourth-order valence-corrected chi connectivity index (χ4v) is 21.6. The lowest BCUT2D eigenvalue weighted by molar-refractivity contribution is 0.434. The molecule has 128 heavy (non-hydrogen) atoms. The van der Waals surface area contributed by atoms with Crippen molar-refractivity contribution in [2.75, 3.05) is 0 Å². The summed E-state index contributed by atoms with van der Waals surface area (Å²) < 4.78 is 24.2. The number of hydrogen-bond acceptors (Lipinski definition) is 8. The molecular formula is C116H70N10O2. The van der Waals surface area contributed by atoms with Gasteiger partial charge in [-0.3, -0.25) is 0 Å². The van der Waals surface area contributed by atoms with Crippen LogP contribution in [0.25, 0.3) is 178 Å². The van der Waals surface area contributed by atoms with E-state index in [0.717, 1.165) is 134 Å². The van der Waals surface area contributed by atoms with Crippen LogP contribution in [0.2, 0.25) is 0 Å². The molecule has 596 valence electrons. The Balaban J connectivity index is 0.000000132. The molecule has 6 aromatic heterocycles. The van der Waals surface area contributed by atoms with Gasteiger partial charge in [0.2, 0.25) is 0 Å². The summed E-state index contributed by atoms with van der Waals surface area (Å²) >= 11 is 0. The molecule has 12 heteroatoms. The Morgan fingerprint density at radius 1 is 0.180 bits per heavy atom. The SMILES string of the molecule is c1ccc(-c2nc(-c3ccccc3)nc(-c3cccc(-n4c5ccccc5c5cc6c(cc54)Oc4ccccc4C64c5ccccc5-n5c6ccccc6c6cccc4c65)c3)n2)cc1.c1ccc(-c2nc(-c3ccccc3)nc(-c3cccc(-n4c5ccccc5c5ccc6c(c54)Oc4ccccc4C64c5ccccc5-n5c6ccccc6c6cccc4c65)c3)n2)cc1. The molecular weight excluding hydrogens is 1570 g/mol. The average Bonchev–Trinajstić information content (AvgIpc) is 1.37. The maximum Gasteiger partial charge on any atom is 0.164 e. The second-order valence-electron chi connectivity index (χ2n) is 33.4. The average molecular weight is 1640 g/mol. The summed E-state index contributed by atoms with van der Waals surface area (Å²) in [5, 5.41) is 9.54. The largest absolute Gasteiger partial charge is 0.457 e. The molecule has 28 rings (SSSR count). The molecule has 24 aromatic rings. The minimum Gasteiger partial charge on any atom is -0.457 e. The molecule has 0 N–H and O–H groups in total. The van der Waals surface area contributed by atoms with Crippen molar-refractivity contribution in [2.24, 2.45) is 0 Å². The molecule has 0 radical (unpaired) electrons. The maximum absolute atomic E-state index is 7.35. The lowest BCUT2D eigenvalue weighted by Crippen LogP contribution is -2.37. The van der Waals surface area contributed by atoms with E-state index in [4.69, 9.17) is 39.4 Å². The van der Waals surface area contributed by atoms with Crippen molar-refractivity contribution in [2.45, 2.75) is 10.8 Å². The van der Waals surface area contributed by atoms with Crippen LogP contribution < -0.4 is 9.47 Å². The predicted molar refractivity (Wildman–Crippen MR) is 514 cm³/mol. The van der Waals surface area contributed by atoms with Gasteiger partial charge in [-0.2, -0.15) is 0 Å².